The van der Waals surface area contributed by atoms with E-state index in [-0.39, 0.29) is 18.0 Å². The smallest absolute Gasteiger partial charge is 0.257 e. The Kier molecular flexibility index (Phi) is 4.98. The lowest BCUT2D eigenvalue weighted by Crippen LogP contribution is -2.49. The minimum absolute atomic E-state index is 0.0365. The van der Waals surface area contributed by atoms with Crippen LogP contribution in [-0.4, -0.2) is 63.6 Å². The van der Waals surface area contributed by atoms with E-state index in [1.54, 1.807) is 19.2 Å². The van der Waals surface area contributed by atoms with Gasteiger partial charge in [-0.25, -0.2) is 4.98 Å². The highest BCUT2D eigenvalue weighted by Crippen LogP contribution is 2.25. The molecule has 1 atom stereocenters. The molecule has 0 spiro atoms. The van der Waals surface area contributed by atoms with Crippen molar-refractivity contribution in [3.8, 4) is 0 Å². The molecule has 134 valence electrons. The van der Waals surface area contributed by atoms with Gasteiger partial charge >= 0.3 is 0 Å². The van der Waals surface area contributed by atoms with Crippen LogP contribution in [0.1, 0.15) is 42.0 Å². The molecule has 1 saturated heterocycles. The molecule has 2 aromatic heterocycles. The summed E-state index contributed by atoms with van der Waals surface area (Å²) >= 11 is 0. The van der Waals surface area contributed by atoms with Crippen molar-refractivity contribution in [3.05, 3.63) is 35.6 Å². The second-order valence-corrected chi connectivity index (χ2v) is 6.63. The standard InChI is InChI=1S/C17H24N6O2/c1-11(2)19-15-13(6-5-7-18-15)17(24)23-9-8-22(4)14(10-23)16-20-12(3)21-25-16/h5-7,11,14H,8-10H2,1-4H3,(H,18,19). The third-order valence-electron chi connectivity index (χ3n) is 4.23. The molecule has 1 aliphatic rings. The first kappa shape index (κ1) is 17.3. The molecule has 1 N–H and O–H groups in total. The highest BCUT2D eigenvalue weighted by Gasteiger charge is 2.33. The fourth-order valence-electron chi connectivity index (χ4n) is 2.91. The van der Waals surface area contributed by atoms with E-state index in [9.17, 15) is 4.79 Å². The maximum Gasteiger partial charge on any atom is 0.257 e. The number of aromatic nitrogens is 3. The van der Waals surface area contributed by atoms with Gasteiger partial charge in [-0.1, -0.05) is 5.16 Å². The molecule has 1 fully saturated rings. The number of hydrogen-bond donors (Lipinski definition) is 1. The van der Waals surface area contributed by atoms with Crippen molar-refractivity contribution >= 4 is 11.7 Å². The average Bonchev–Trinajstić information content (AvgIpc) is 3.01. The highest BCUT2D eigenvalue weighted by molar-refractivity contribution is 5.98. The maximum atomic E-state index is 13.1. The topological polar surface area (TPSA) is 87.4 Å². The lowest BCUT2D eigenvalue weighted by molar-refractivity contribution is 0.0489. The van der Waals surface area contributed by atoms with Gasteiger partial charge in [0.1, 0.15) is 11.9 Å². The van der Waals surface area contributed by atoms with Gasteiger partial charge in [-0.3, -0.25) is 9.69 Å². The Labute approximate surface area is 147 Å². The summed E-state index contributed by atoms with van der Waals surface area (Å²) in [6.45, 7) is 7.73. The zero-order chi connectivity index (χ0) is 18.0. The summed E-state index contributed by atoms with van der Waals surface area (Å²) in [5.74, 6) is 1.73. The number of hydrogen-bond acceptors (Lipinski definition) is 7. The van der Waals surface area contributed by atoms with Gasteiger partial charge in [0.25, 0.3) is 5.91 Å². The molecule has 25 heavy (non-hydrogen) atoms. The lowest BCUT2D eigenvalue weighted by atomic mass is 10.1. The van der Waals surface area contributed by atoms with Crippen molar-refractivity contribution in [2.45, 2.75) is 32.9 Å². The number of nitrogens with zero attached hydrogens (tertiary/aromatic N) is 5. The molecule has 8 heteroatoms. The van der Waals surface area contributed by atoms with E-state index < -0.39 is 0 Å². The molecule has 2 aromatic rings. The average molecular weight is 344 g/mol. The summed E-state index contributed by atoms with van der Waals surface area (Å²) in [6, 6.07) is 3.69. The first-order chi connectivity index (χ1) is 12.0. The SMILES string of the molecule is Cc1noc(C2CN(C(=O)c3cccnc3NC(C)C)CCN2C)n1. The van der Waals surface area contributed by atoms with Crippen LogP contribution < -0.4 is 5.32 Å². The van der Waals surface area contributed by atoms with Gasteiger partial charge in [-0.2, -0.15) is 4.98 Å². The largest absolute Gasteiger partial charge is 0.367 e. The molecule has 0 aromatic carbocycles. The number of carbonyl (C=O) groups excluding carboxylic acids is 1. The summed E-state index contributed by atoms with van der Waals surface area (Å²) in [7, 11) is 2.00. The van der Waals surface area contributed by atoms with Crippen molar-refractivity contribution < 1.29 is 9.32 Å². The van der Waals surface area contributed by atoms with Gasteiger partial charge in [0, 0.05) is 31.9 Å². The van der Waals surface area contributed by atoms with E-state index in [0.717, 1.165) is 6.54 Å². The van der Waals surface area contributed by atoms with Crippen LogP contribution in [0.25, 0.3) is 0 Å². The predicted octanol–water partition coefficient (Wildman–Crippen LogP) is 1.72. The van der Waals surface area contributed by atoms with Crippen LogP contribution in [0, 0.1) is 6.92 Å². The van der Waals surface area contributed by atoms with E-state index in [1.165, 1.54) is 0 Å². The van der Waals surface area contributed by atoms with Gasteiger partial charge in [0.2, 0.25) is 5.89 Å². The molecule has 3 rings (SSSR count). The number of aryl methyl sites for hydroxylation is 1. The third-order valence-corrected chi connectivity index (χ3v) is 4.23. The van der Waals surface area contributed by atoms with E-state index in [4.69, 9.17) is 4.52 Å². The molecule has 1 aliphatic heterocycles. The molecule has 0 aliphatic carbocycles. The quantitative estimate of drug-likeness (QED) is 0.903. The second-order valence-electron chi connectivity index (χ2n) is 6.63. The zero-order valence-electron chi connectivity index (χ0n) is 15.1. The lowest BCUT2D eigenvalue weighted by Gasteiger charge is -2.37. The third kappa shape index (κ3) is 3.79. The molecule has 1 unspecified atom stereocenters. The summed E-state index contributed by atoms with van der Waals surface area (Å²) in [4.78, 5) is 25.7. The maximum absolute atomic E-state index is 13.1. The molecule has 0 saturated carbocycles. The van der Waals surface area contributed by atoms with Crippen LogP contribution >= 0.6 is 0 Å². The number of piperazine rings is 1. The fourth-order valence-corrected chi connectivity index (χ4v) is 2.91. The number of anilines is 1. The van der Waals surface area contributed by atoms with Crippen molar-refractivity contribution in [2.75, 3.05) is 32.0 Å². The monoisotopic (exact) mass is 344 g/mol. The normalized spacial score (nSPS) is 18.6. The van der Waals surface area contributed by atoms with Crippen LogP contribution in [0.4, 0.5) is 5.82 Å². The number of carbonyl (C=O) groups is 1. The van der Waals surface area contributed by atoms with Gasteiger partial charge in [-0.05, 0) is 40.0 Å². The van der Waals surface area contributed by atoms with Gasteiger partial charge in [0.05, 0.1) is 5.56 Å². The number of amides is 1. The van der Waals surface area contributed by atoms with Crippen LogP contribution in [0.3, 0.4) is 0 Å². The zero-order valence-corrected chi connectivity index (χ0v) is 15.1. The van der Waals surface area contributed by atoms with Gasteiger partial charge < -0.3 is 14.7 Å². The van der Waals surface area contributed by atoms with Crippen LogP contribution in [0.5, 0.6) is 0 Å². The minimum Gasteiger partial charge on any atom is -0.367 e. The van der Waals surface area contributed by atoms with E-state index in [1.807, 2.05) is 31.9 Å². The Morgan fingerprint density at radius 2 is 2.20 bits per heavy atom. The Hall–Kier alpha value is -2.48. The Morgan fingerprint density at radius 3 is 2.88 bits per heavy atom. The molecule has 0 bridgehead atoms. The molecule has 3 heterocycles. The Balaban J connectivity index is 1.81. The second kappa shape index (κ2) is 7.18. The fraction of sp³-hybridized carbons (Fsp3) is 0.529. The van der Waals surface area contributed by atoms with Crippen molar-refractivity contribution in [3.63, 3.8) is 0 Å². The highest BCUT2D eigenvalue weighted by atomic mass is 16.5. The van der Waals surface area contributed by atoms with E-state index >= 15 is 0 Å². The summed E-state index contributed by atoms with van der Waals surface area (Å²) in [5.41, 5.74) is 0.584. The van der Waals surface area contributed by atoms with Gasteiger partial charge in [-0.15, -0.1) is 0 Å². The number of pyridine rings is 1. The minimum atomic E-state index is -0.0999. The molecular formula is C17H24N6O2. The van der Waals surface area contributed by atoms with Crippen LogP contribution in [0.2, 0.25) is 0 Å². The number of likely N-dealkylation sites (N-methyl/N-ethyl adjacent to an activating group) is 1. The van der Waals surface area contributed by atoms with E-state index in [0.29, 0.717) is 36.2 Å². The number of nitrogens with one attached hydrogen (secondary N) is 1. The summed E-state index contributed by atoms with van der Waals surface area (Å²) in [5, 5.41) is 7.10. The van der Waals surface area contributed by atoms with Crippen molar-refractivity contribution in [2.24, 2.45) is 0 Å². The number of rotatable bonds is 4. The molecular weight excluding hydrogens is 320 g/mol. The Bertz CT molecular complexity index is 744. The molecule has 8 nitrogen and oxygen atoms in total. The van der Waals surface area contributed by atoms with Crippen molar-refractivity contribution in [1.82, 2.24) is 24.9 Å². The Morgan fingerprint density at radius 1 is 1.40 bits per heavy atom. The summed E-state index contributed by atoms with van der Waals surface area (Å²) in [6.07, 6.45) is 1.69. The van der Waals surface area contributed by atoms with Crippen LogP contribution in [-0.2, 0) is 0 Å². The predicted molar refractivity (Wildman–Crippen MR) is 93.3 cm³/mol. The first-order valence-corrected chi connectivity index (χ1v) is 8.47. The summed E-state index contributed by atoms with van der Waals surface area (Å²) < 4.78 is 5.32. The molecule has 0 radical (unpaired) electrons. The van der Waals surface area contributed by atoms with Gasteiger partial charge in [0.15, 0.2) is 5.82 Å². The van der Waals surface area contributed by atoms with Crippen LogP contribution in [0.15, 0.2) is 22.9 Å². The van der Waals surface area contributed by atoms with E-state index in [2.05, 4.69) is 25.3 Å². The van der Waals surface area contributed by atoms with Crippen molar-refractivity contribution in [1.29, 1.82) is 0 Å². The first-order valence-electron chi connectivity index (χ1n) is 8.47. The molecule has 1 amide bonds.